The number of halogens is 4. The molecule has 0 amide bonds. The number of nitrogens with zero attached hydrogens (tertiary/aromatic N) is 13. The van der Waals surface area contributed by atoms with Crippen molar-refractivity contribution >= 4 is 58.0 Å². The number of carbonyl (C=O) groups excluding carboxylic acids is 1. The molecule has 3 aliphatic rings. The normalized spacial score (nSPS) is 13.8. The summed E-state index contributed by atoms with van der Waals surface area (Å²) in [5, 5.41) is 48.9. The minimum absolute atomic E-state index is 0. The van der Waals surface area contributed by atoms with Gasteiger partial charge in [0.05, 0.1) is 63.6 Å². The number of imidazole rings is 3. The van der Waals surface area contributed by atoms with Gasteiger partial charge in [-0.2, -0.15) is 20.4 Å². The molecule has 3 fully saturated rings. The van der Waals surface area contributed by atoms with Crippen molar-refractivity contribution in [2.24, 2.45) is 16.8 Å². The summed E-state index contributed by atoms with van der Waals surface area (Å²) in [4.78, 5) is 24.7. The van der Waals surface area contributed by atoms with Gasteiger partial charge in [-0.05, 0) is 118 Å². The molecule has 12 rings (SSSR count). The zero-order valence-electron chi connectivity index (χ0n) is 37.5. The summed E-state index contributed by atoms with van der Waals surface area (Å²) >= 11 is 0. The lowest BCUT2D eigenvalue weighted by molar-refractivity contribution is 0.111. The van der Waals surface area contributed by atoms with Crippen molar-refractivity contribution in [3.63, 3.8) is 0 Å². The number of rotatable bonds is 9. The smallest absolute Gasteiger partial charge is 0.170 e. The number of nitrogens with two attached hydrogens (primary N) is 2. The van der Waals surface area contributed by atoms with E-state index in [0.717, 1.165) is 100.0 Å². The van der Waals surface area contributed by atoms with E-state index in [1.54, 1.807) is 61.9 Å². The van der Waals surface area contributed by atoms with E-state index < -0.39 is 0 Å². The van der Waals surface area contributed by atoms with Gasteiger partial charge >= 0.3 is 0 Å². The maximum Gasteiger partial charge on any atom is 0.170 e. The molecule has 6 aromatic heterocycles. The number of benzene rings is 3. The summed E-state index contributed by atoms with van der Waals surface area (Å²) in [6, 6.07) is 20.2. The van der Waals surface area contributed by atoms with E-state index >= 15 is 0 Å². The maximum absolute atomic E-state index is 13.6. The van der Waals surface area contributed by atoms with E-state index in [9.17, 15) is 18.0 Å². The number of hydrogen-bond donors (Lipinski definition) is 5. The third kappa shape index (κ3) is 11.3. The Morgan fingerprint density at radius 1 is 0.614 bits per heavy atom. The highest BCUT2D eigenvalue weighted by molar-refractivity contribution is 5.86. The second-order valence-corrected chi connectivity index (χ2v) is 16.1. The number of aromatic nitrogens is 12. The molecule has 9 aromatic rings. The molecule has 70 heavy (non-hydrogen) atoms. The Labute approximate surface area is 403 Å². The lowest BCUT2D eigenvalue weighted by atomic mass is 10.2. The van der Waals surface area contributed by atoms with Gasteiger partial charge < -0.3 is 35.0 Å². The Morgan fingerprint density at radius 2 is 0.971 bits per heavy atom. The van der Waals surface area contributed by atoms with Crippen molar-refractivity contribution < 1.29 is 33.5 Å². The van der Waals surface area contributed by atoms with E-state index in [4.69, 9.17) is 21.3 Å². The van der Waals surface area contributed by atoms with Crippen molar-refractivity contribution in [3.05, 3.63) is 126 Å². The van der Waals surface area contributed by atoms with Crippen molar-refractivity contribution in [1.29, 1.82) is 0 Å². The third-order valence-electron chi connectivity index (χ3n) is 11.0. The van der Waals surface area contributed by atoms with Crippen LogP contribution in [0, 0.1) is 17.5 Å². The highest BCUT2D eigenvalue weighted by Crippen LogP contribution is 2.43. The Morgan fingerprint density at radius 3 is 1.33 bits per heavy atom. The topological polar surface area (TPSA) is 273 Å². The van der Waals surface area contributed by atoms with Crippen LogP contribution in [-0.2, 0) is 6.54 Å². The van der Waals surface area contributed by atoms with E-state index in [2.05, 4.69) is 65.7 Å². The highest BCUT2D eigenvalue weighted by atomic mass is 35.5. The summed E-state index contributed by atoms with van der Waals surface area (Å²) in [5.41, 5.74) is 14.0. The quantitative estimate of drug-likeness (QED) is 0.0400. The van der Waals surface area contributed by atoms with E-state index in [1.807, 2.05) is 10.6 Å². The molecule has 19 nitrogen and oxygen atoms in total. The first-order chi connectivity index (χ1) is 33.7. The average Bonchev–Trinajstić information content (AvgIpc) is 4.33. The SMILES string of the molecule is CCO.Cl.NCc1cc(-c2nc3ccc(F)cc3n2C2CC2)cnn1.NO.O/N=C/c1cc(-c2nc3ccc(F)cc3n2C2CC2)cnn1.O=Cc1cc(-c2nc3ccc(F)cc3n2C2CC2)cnn1. The number of aliphatic hydroxyl groups excluding tert-OH is 1. The van der Waals surface area contributed by atoms with E-state index in [-0.39, 0.29) is 42.2 Å². The standard InChI is InChI=1S/C15H12FN5O.C15H14FN5.C15H11FN4O.C2H6O.ClH.H3NO/c16-10-1-4-13-14(6-10)21(12-2-3-12)15(19-13)9-5-11(8-18-22)20-17-7-9;16-10-1-4-13-14(6-10)21(12-2-3-12)15(19-13)9-5-11(7-17)20-18-8-9;16-10-1-4-13-14(6-10)20(12-2-3-12)15(18-13)9-5-11(8-21)19-17-7-9;1-2-3;;1-2/h1,4-8,12,22H,2-3H2;1,4-6,8,12H,2-3,7,17H2;1,4-8,12H,2-3H2;3H,2H2,1H3;1H;2H,1H2/b18-8+;;;;;. The summed E-state index contributed by atoms with van der Waals surface area (Å²) in [5.74, 6) is 4.94. The lowest BCUT2D eigenvalue weighted by Gasteiger charge is -2.07. The summed E-state index contributed by atoms with van der Waals surface area (Å²) in [6.45, 7) is 2.26. The fraction of sp³-hybridized carbons (Fsp3) is 0.255. The molecule has 3 aliphatic carbocycles. The van der Waals surface area contributed by atoms with Crippen LogP contribution in [0.1, 0.15) is 85.5 Å². The van der Waals surface area contributed by atoms with Crippen molar-refractivity contribution in [1.82, 2.24) is 59.2 Å². The zero-order chi connectivity index (χ0) is 48.6. The molecule has 23 heteroatoms. The van der Waals surface area contributed by atoms with E-state index in [1.165, 1.54) is 36.5 Å². The molecule has 3 saturated carbocycles. The van der Waals surface area contributed by atoms with Crippen LogP contribution in [0.2, 0.25) is 0 Å². The molecule has 6 heterocycles. The summed E-state index contributed by atoms with van der Waals surface area (Å²) in [6.07, 6.45) is 13.1. The van der Waals surface area contributed by atoms with Crippen LogP contribution < -0.4 is 11.6 Å². The fourth-order valence-corrected chi connectivity index (χ4v) is 7.74. The number of fused-ring (bicyclic) bond motifs is 3. The molecule has 0 bridgehead atoms. The highest BCUT2D eigenvalue weighted by Gasteiger charge is 2.31. The molecule has 0 radical (unpaired) electrons. The summed E-state index contributed by atoms with van der Waals surface area (Å²) < 4.78 is 46.8. The number of aldehydes is 1. The maximum atomic E-state index is 13.6. The van der Waals surface area contributed by atoms with Crippen LogP contribution >= 0.6 is 12.4 Å². The van der Waals surface area contributed by atoms with Gasteiger partial charge in [0, 0.05) is 48.0 Å². The second-order valence-electron chi connectivity index (χ2n) is 16.1. The van der Waals surface area contributed by atoms with Crippen molar-refractivity contribution in [2.45, 2.75) is 70.1 Å². The Kier molecular flexibility index (Phi) is 16.3. The molecular formula is C47H47ClF3N15O4. The Hall–Kier alpha value is -7.63. The Bertz CT molecular complexity index is 3280. The minimum Gasteiger partial charge on any atom is -0.411 e. The average molecular weight is 978 g/mol. The van der Waals surface area contributed by atoms with Gasteiger partial charge in [-0.15, -0.1) is 22.6 Å². The molecule has 0 atom stereocenters. The van der Waals surface area contributed by atoms with Crippen molar-refractivity contribution in [2.75, 3.05) is 6.61 Å². The van der Waals surface area contributed by atoms with Gasteiger partial charge in [-0.1, -0.05) is 5.16 Å². The largest absolute Gasteiger partial charge is 0.411 e. The number of hydrogen-bond acceptors (Lipinski definition) is 16. The first-order valence-corrected chi connectivity index (χ1v) is 21.9. The van der Waals surface area contributed by atoms with Crippen LogP contribution in [0.15, 0.2) is 96.5 Å². The second kappa shape index (κ2) is 22.7. The molecular weight excluding hydrogens is 931 g/mol. The molecule has 7 N–H and O–H groups in total. The van der Waals surface area contributed by atoms with Crippen molar-refractivity contribution in [3.8, 4) is 34.2 Å². The molecule has 0 spiro atoms. The van der Waals surface area contributed by atoms with Crippen LogP contribution in [0.25, 0.3) is 67.3 Å². The van der Waals surface area contributed by atoms with Gasteiger partial charge in [-0.25, -0.2) is 34.0 Å². The molecule has 362 valence electrons. The third-order valence-corrected chi connectivity index (χ3v) is 11.0. The number of oxime groups is 1. The molecule has 3 aromatic carbocycles. The van der Waals surface area contributed by atoms with Gasteiger partial charge in [0.1, 0.15) is 46.3 Å². The number of aliphatic hydroxyl groups is 1. The van der Waals surface area contributed by atoms with Crippen LogP contribution in [-0.4, -0.2) is 93.9 Å². The van der Waals surface area contributed by atoms with Crippen LogP contribution in [0.5, 0.6) is 0 Å². The van der Waals surface area contributed by atoms with Crippen LogP contribution in [0.4, 0.5) is 13.2 Å². The molecule has 0 saturated heterocycles. The van der Waals surface area contributed by atoms with E-state index in [0.29, 0.717) is 48.2 Å². The predicted molar refractivity (Wildman–Crippen MR) is 256 cm³/mol. The minimum atomic E-state index is -0.280. The van der Waals surface area contributed by atoms with Gasteiger partial charge in [0.2, 0.25) is 0 Å². The monoisotopic (exact) mass is 977 g/mol. The first kappa shape index (κ1) is 50.3. The zero-order valence-corrected chi connectivity index (χ0v) is 38.3. The first-order valence-electron chi connectivity index (χ1n) is 21.9. The Balaban J connectivity index is 0.000000147. The van der Waals surface area contributed by atoms with Crippen LogP contribution in [0.3, 0.4) is 0 Å². The molecule has 0 aliphatic heterocycles. The van der Waals surface area contributed by atoms with Gasteiger partial charge in [-0.3, -0.25) is 4.79 Å². The van der Waals surface area contributed by atoms with Gasteiger partial charge in [0.25, 0.3) is 0 Å². The predicted octanol–water partition coefficient (Wildman–Crippen LogP) is 7.74. The summed E-state index contributed by atoms with van der Waals surface area (Å²) in [7, 11) is 0. The van der Waals surface area contributed by atoms with Gasteiger partial charge in [0.15, 0.2) is 6.29 Å². The lowest BCUT2D eigenvalue weighted by Crippen LogP contribution is -2.03. The fourth-order valence-electron chi connectivity index (χ4n) is 7.74. The number of carbonyl (C=O) groups is 1. The molecule has 0 unspecified atom stereocenters.